The van der Waals surface area contributed by atoms with Crippen molar-refractivity contribution in [3.05, 3.63) is 71.8 Å². The van der Waals surface area contributed by atoms with Crippen molar-refractivity contribution < 1.29 is 27.5 Å². The Morgan fingerprint density at radius 2 is 1.59 bits per heavy atom. The van der Waals surface area contributed by atoms with Crippen LogP contribution in [0.15, 0.2) is 60.7 Å². The van der Waals surface area contributed by atoms with Crippen LogP contribution in [0.3, 0.4) is 0 Å². The fraction of sp³-hybridized carbons (Fsp3) is 0.105. The Morgan fingerprint density at radius 1 is 0.963 bits per heavy atom. The molecule has 0 saturated carbocycles. The van der Waals surface area contributed by atoms with Gasteiger partial charge in [0.05, 0.1) is 18.2 Å². The van der Waals surface area contributed by atoms with Gasteiger partial charge in [-0.05, 0) is 47.2 Å². The highest BCUT2D eigenvalue weighted by molar-refractivity contribution is 6.01. The predicted molar refractivity (Wildman–Crippen MR) is 93.2 cm³/mol. The van der Waals surface area contributed by atoms with Gasteiger partial charge in [0, 0.05) is 0 Å². The van der Waals surface area contributed by atoms with E-state index in [0.717, 1.165) is 35.0 Å². The van der Waals surface area contributed by atoms with Crippen LogP contribution in [0, 0.1) is 0 Å². The summed E-state index contributed by atoms with van der Waals surface area (Å²) in [5.41, 5.74) is 4.03. The van der Waals surface area contributed by atoms with Crippen LogP contribution in [-0.4, -0.2) is 13.0 Å². The first-order chi connectivity index (χ1) is 12.9. The van der Waals surface area contributed by atoms with Crippen LogP contribution >= 0.6 is 0 Å². The van der Waals surface area contributed by atoms with Crippen molar-refractivity contribution in [2.45, 2.75) is 6.18 Å². The SMILES string of the molecule is COc1cc2ccccc2cc1C(=O)NNOc1ccc(C(F)(F)F)cc1. The second-order valence-electron chi connectivity index (χ2n) is 5.58. The van der Waals surface area contributed by atoms with Crippen LogP contribution in [-0.2, 0) is 6.18 Å². The highest BCUT2D eigenvalue weighted by Gasteiger charge is 2.30. The molecule has 5 nitrogen and oxygen atoms in total. The van der Waals surface area contributed by atoms with Gasteiger partial charge >= 0.3 is 6.18 Å². The molecule has 0 aliphatic rings. The average Bonchev–Trinajstić information content (AvgIpc) is 2.66. The third-order valence-electron chi connectivity index (χ3n) is 3.83. The molecule has 3 rings (SSSR count). The van der Waals surface area contributed by atoms with Gasteiger partial charge in [0.15, 0.2) is 0 Å². The summed E-state index contributed by atoms with van der Waals surface area (Å²) >= 11 is 0. The number of alkyl halides is 3. The largest absolute Gasteiger partial charge is 0.496 e. The summed E-state index contributed by atoms with van der Waals surface area (Å²) in [4.78, 5) is 17.4. The van der Waals surface area contributed by atoms with Crippen molar-refractivity contribution in [2.24, 2.45) is 0 Å². The number of hydrogen-bond donors (Lipinski definition) is 2. The van der Waals surface area contributed by atoms with Gasteiger partial charge in [0.1, 0.15) is 11.5 Å². The summed E-state index contributed by atoms with van der Waals surface area (Å²) in [6.07, 6.45) is -4.42. The molecule has 0 aliphatic carbocycles. The van der Waals surface area contributed by atoms with Crippen molar-refractivity contribution in [3.8, 4) is 11.5 Å². The molecule has 1 amide bonds. The van der Waals surface area contributed by atoms with Crippen molar-refractivity contribution >= 4 is 16.7 Å². The van der Waals surface area contributed by atoms with Crippen LogP contribution in [0.25, 0.3) is 10.8 Å². The molecule has 0 bridgehead atoms. The molecular weight excluding hydrogens is 361 g/mol. The number of rotatable bonds is 5. The zero-order valence-corrected chi connectivity index (χ0v) is 14.1. The summed E-state index contributed by atoms with van der Waals surface area (Å²) in [5, 5.41) is 1.77. The topological polar surface area (TPSA) is 59.6 Å². The third kappa shape index (κ3) is 4.29. The van der Waals surface area contributed by atoms with E-state index in [1.165, 1.54) is 7.11 Å². The normalized spacial score (nSPS) is 11.3. The van der Waals surface area contributed by atoms with E-state index in [-0.39, 0.29) is 11.3 Å². The number of fused-ring (bicyclic) bond motifs is 1. The minimum Gasteiger partial charge on any atom is -0.496 e. The number of nitrogens with one attached hydrogen (secondary N) is 2. The fourth-order valence-corrected chi connectivity index (χ4v) is 2.48. The number of carbonyl (C=O) groups excluding carboxylic acids is 1. The molecule has 3 aromatic rings. The van der Waals surface area contributed by atoms with E-state index in [2.05, 4.69) is 11.0 Å². The lowest BCUT2D eigenvalue weighted by Gasteiger charge is -2.12. The standard InChI is InChI=1S/C19H15F3N2O3/c1-26-17-11-13-5-3-2-4-12(13)10-16(17)18(25)23-24-27-15-8-6-14(7-9-15)19(20,21)22/h2-11,24H,1H3,(H,23,25). The van der Waals surface area contributed by atoms with Gasteiger partial charge in [-0.15, -0.1) is 0 Å². The lowest BCUT2D eigenvalue weighted by Crippen LogP contribution is -2.39. The summed E-state index contributed by atoms with van der Waals surface area (Å²) in [7, 11) is 1.45. The van der Waals surface area contributed by atoms with Gasteiger partial charge in [0.2, 0.25) is 0 Å². The number of halogens is 3. The van der Waals surface area contributed by atoms with Crippen molar-refractivity contribution in [3.63, 3.8) is 0 Å². The van der Waals surface area contributed by atoms with Gasteiger partial charge in [0.25, 0.3) is 5.91 Å². The molecule has 0 radical (unpaired) electrons. The van der Waals surface area contributed by atoms with E-state index in [1.807, 2.05) is 24.3 Å². The fourth-order valence-electron chi connectivity index (χ4n) is 2.48. The van der Waals surface area contributed by atoms with Gasteiger partial charge < -0.3 is 9.57 Å². The molecule has 8 heteroatoms. The Balaban J connectivity index is 1.66. The quantitative estimate of drug-likeness (QED) is 0.659. The van der Waals surface area contributed by atoms with Crippen LogP contribution < -0.4 is 20.6 Å². The molecule has 0 aromatic heterocycles. The minimum atomic E-state index is -4.42. The maximum atomic E-state index is 12.5. The highest BCUT2D eigenvalue weighted by Crippen LogP contribution is 2.30. The molecule has 3 aromatic carbocycles. The molecule has 0 heterocycles. The molecule has 0 aliphatic heterocycles. The maximum absolute atomic E-state index is 12.5. The second-order valence-corrected chi connectivity index (χ2v) is 5.58. The van der Waals surface area contributed by atoms with E-state index in [0.29, 0.717) is 5.75 Å². The van der Waals surface area contributed by atoms with Gasteiger partial charge in [-0.2, -0.15) is 13.2 Å². The first-order valence-electron chi connectivity index (χ1n) is 7.85. The van der Waals surface area contributed by atoms with Gasteiger partial charge in [-0.25, -0.2) is 0 Å². The monoisotopic (exact) mass is 376 g/mol. The summed E-state index contributed by atoms with van der Waals surface area (Å²) in [5.74, 6) is -0.0409. The molecule has 0 atom stereocenters. The second kappa shape index (κ2) is 7.55. The minimum absolute atomic E-state index is 0.105. The van der Waals surface area contributed by atoms with Crippen molar-refractivity contribution in [1.29, 1.82) is 0 Å². The molecule has 0 saturated heterocycles. The lowest BCUT2D eigenvalue weighted by atomic mass is 10.1. The summed E-state index contributed by atoms with van der Waals surface area (Å²) < 4.78 is 42.8. The zero-order chi connectivity index (χ0) is 19.4. The molecule has 0 spiro atoms. The molecule has 140 valence electrons. The maximum Gasteiger partial charge on any atom is 0.416 e. The first-order valence-corrected chi connectivity index (χ1v) is 7.85. The number of hydrazine groups is 1. The summed E-state index contributed by atoms with van der Waals surface area (Å²) in [6.45, 7) is 0. The van der Waals surface area contributed by atoms with E-state index < -0.39 is 17.6 Å². The Hall–Kier alpha value is -3.26. The Kier molecular flexibility index (Phi) is 5.18. The zero-order valence-electron chi connectivity index (χ0n) is 14.1. The van der Waals surface area contributed by atoms with Crippen molar-refractivity contribution in [1.82, 2.24) is 11.0 Å². The van der Waals surface area contributed by atoms with Crippen LogP contribution in [0.1, 0.15) is 15.9 Å². The average molecular weight is 376 g/mol. The third-order valence-corrected chi connectivity index (χ3v) is 3.83. The van der Waals surface area contributed by atoms with Gasteiger partial charge in [-0.3, -0.25) is 10.2 Å². The van der Waals surface area contributed by atoms with Crippen LogP contribution in [0.5, 0.6) is 11.5 Å². The molecule has 2 N–H and O–H groups in total. The molecule has 27 heavy (non-hydrogen) atoms. The number of amides is 1. The van der Waals surface area contributed by atoms with E-state index in [9.17, 15) is 18.0 Å². The molecule has 0 fully saturated rings. The number of methoxy groups -OCH3 is 1. The summed E-state index contributed by atoms with van der Waals surface area (Å²) in [6, 6.07) is 14.9. The van der Waals surface area contributed by atoms with E-state index >= 15 is 0 Å². The molecule has 0 unspecified atom stereocenters. The number of hydrogen-bond acceptors (Lipinski definition) is 4. The Labute approximate surface area is 152 Å². The van der Waals surface area contributed by atoms with Crippen LogP contribution in [0.4, 0.5) is 13.2 Å². The Morgan fingerprint density at radius 3 is 2.19 bits per heavy atom. The lowest BCUT2D eigenvalue weighted by molar-refractivity contribution is -0.137. The predicted octanol–water partition coefficient (Wildman–Crippen LogP) is 4.10. The first kappa shape index (κ1) is 18.5. The smallest absolute Gasteiger partial charge is 0.416 e. The number of benzene rings is 3. The highest BCUT2D eigenvalue weighted by atomic mass is 19.4. The van der Waals surface area contributed by atoms with Crippen molar-refractivity contribution in [2.75, 3.05) is 7.11 Å². The van der Waals surface area contributed by atoms with Crippen LogP contribution in [0.2, 0.25) is 0 Å². The number of ether oxygens (including phenoxy) is 1. The van der Waals surface area contributed by atoms with Gasteiger partial charge in [-0.1, -0.05) is 29.9 Å². The molecular formula is C19H15F3N2O3. The van der Waals surface area contributed by atoms with E-state index in [1.54, 1.807) is 12.1 Å². The number of carbonyl (C=O) groups is 1. The van der Waals surface area contributed by atoms with E-state index in [4.69, 9.17) is 9.57 Å². The Bertz CT molecular complexity index is 957.